The lowest BCUT2D eigenvalue weighted by atomic mass is 9.97. The van der Waals surface area contributed by atoms with Crippen LogP contribution in [0.3, 0.4) is 0 Å². The van der Waals surface area contributed by atoms with Crippen LogP contribution >= 0.6 is 0 Å². The summed E-state index contributed by atoms with van der Waals surface area (Å²) in [5.74, 6) is 0.844. The van der Waals surface area contributed by atoms with Gasteiger partial charge in [-0.15, -0.1) is 0 Å². The minimum atomic E-state index is -0.154. The minimum Gasteiger partial charge on any atom is -0.463 e. The monoisotopic (exact) mass is 441 g/mol. The predicted molar refractivity (Wildman–Crippen MR) is 125 cm³/mol. The smallest absolute Gasteiger partial charge is 0.291 e. The Kier molecular flexibility index (Phi) is 6.98. The highest BCUT2D eigenvalue weighted by molar-refractivity contribution is 5.82. The average Bonchev–Trinajstić information content (AvgIpc) is 3.36. The van der Waals surface area contributed by atoms with Crippen LogP contribution in [0.4, 0.5) is 0 Å². The number of piperidine rings is 1. The molecule has 0 aromatic carbocycles. The number of hydrogen-bond acceptors (Lipinski definition) is 5. The van der Waals surface area contributed by atoms with Gasteiger partial charge in [0.05, 0.1) is 11.8 Å². The van der Waals surface area contributed by atoms with Crippen molar-refractivity contribution in [2.75, 3.05) is 13.1 Å². The maximum atomic E-state index is 12.9. The van der Waals surface area contributed by atoms with Gasteiger partial charge in [0.25, 0.3) is 5.56 Å². The topological polar surface area (TPSA) is 84.8 Å². The van der Waals surface area contributed by atoms with Gasteiger partial charge >= 0.3 is 0 Å². The molecule has 1 saturated heterocycles. The predicted octanol–water partition coefficient (Wildman–Crippen LogP) is 3.35. The number of nitrogens with zero attached hydrogens (tertiary/aromatic N) is 4. The van der Waals surface area contributed by atoms with E-state index in [1.807, 2.05) is 17.4 Å². The molecule has 174 valence electrons. The number of hydrogen-bond donors (Lipinski definition) is 1. The lowest BCUT2D eigenvalue weighted by Gasteiger charge is -2.39. The van der Waals surface area contributed by atoms with Gasteiger partial charge in [0.15, 0.2) is 5.58 Å². The van der Waals surface area contributed by atoms with E-state index in [2.05, 4.69) is 29.2 Å². The number of nitrogens with one attached hydrogen (secondary N) is 1. The zero-order valence-electron chi connectivity index (χ0n) is 19.5. The normalized spacial score (nSPS) is 19.7. The SMILES string of the molecule is CCc1nn(CCCC(=O)NCCCN2[C@H](C)CCC[C@@H]2C)c(=O)c2cc3occc3n12. The van der Waals surface area contributed by atoms with Gasteiger partial charge in [-0.25, -0.2) is 4.68 Å². The van der Waals surface area contributed by atoms with Gasteiger partial charge < -0.3 is 9.73 Å². The molecule has 4 heterocycles. The highest BCUT2D eigenvalue weighted by Gasteiger charge is 2.23. The Balaban J connectivity index is 1.27. The molecule has 8 heteroatoms. The van der Waals surface area contributed by atoms with E-state index in [1.54, 1.807) is 12.3 Å². The van der Waals surface area contributed by atoms with Crippen LogP contribution in [0.5, 0.6) is 0 Å². The molecule has 32 heavy (non-hydrogen) atoms. The van der Waals surface area contributed by atoms with Crippen LogP contribution < -0.4 is 10.9 Å². The van der Waals surface area contributed by atoms with Crippen molar-refractivity contribution in [2.45, 2.75) is 84.3 Å². The minimum absolute atomic E-state index is 0.0368. The van der Waals surface area contributed by atoms with E-state index < -0.39 is 0 Å². The second kappa shape index (κ2) is 9.90. The van der Waals surface area contributed by atoms with Crippen molar-refractivity contribution in [3.8, 4) is 0 Å². The van der Waals surface area contributed by atoms with E-state index in [0.29, 0.717) is 55.5 Å². The van der Waals surface area contributed by atoms with Gasteiger partial charge in [-0.2, -0.15) is 5.10 Å². The summed E-state index contributed by atoms with van der Waals surface area (Å²) < 4.78 is 8.81. The number of amides is 1. The first kappa shape index (κ1) is 22.6. The zero-order chi connectivity index (χ0) is 22.7. The van der Waals surface area contributed by atoms with Gasteiger partial charge in [-0.05, 0) is 39.5 Å². The summed E-state index contributed by atoms with van der Waals surface area (Å²) in [5, 5.41) is 7.58. The van der Waals surface area contributed by atoms with Crippen LogP contribution in [0.1, 0.15) is 65.1 Å². The molecule has 0 spiro atoms. The number of carbonyl (C=O) groups excluding carboxylic acids is 1. The van der Waals surface area contributed by atoms with E-state index in [4.69, 9.17) is 4.42 Å². The van der Waals surface area contributed by atoms with Crippen molar-refractivity contribution in [1.29, 1.82) is 0 Å². The molecule has 1 amide bonds. The van der Waals surface area contributed by atoms with E-state index in [9.17, 15) is 9.59 Å². The van der Waals surface area contributed by atoms with E-state index in [1.165, 1.54) is 23.9 Å². The molecule has 1 fully saturated rings. The first-order valence-corrected chi connectivity index (χ1v) is 12.0. The average molecular weight is 442 g/mol. The summed E-state index contributed by atoms with van der Waals surface area (Å²) in [7, 11) is 0. The van der Waals surface area contributed by atoms with E-state index in [-0.39, 0.29) is 11.5 Å². The molecular formula is C24H35N5O3. The molecule has 2 atom stereocenters. The number of aromatic nitrogens is 3. The van der Waals surface area contributed by atoms with Crippen LogP contribution in [0.15, 0.2) is 27.6 Å². The fourth-order valence-corrected chi connectivity index (χ4v) is 4.99. The number of carbonyl (C=O) groups is 1. The highest BCUT2D eigenvalue weighted by atomic mass is 16.3. The van der Waals surface area contributed by atoms with E-state index >= 15 is 0 Å². The van der Waals surface area contributed by atoms with Crippen LogP contribution in [0, 0.1) is 0 Å². The molecule has 0 unspecified atom stereocenters. The highest BCUT2D eigenvalue weighted by Crippen LogP contribution is 2.22. The quantitative estimate of drug-likeness (QED) is 0.515. The summed E-state index contributed by atoms with van der Waals surface area (Å²) in [4.78, 5) is 27.7. The largest absolute Gasteiger partial charge is 0.463 e. The third-order valence-electron chi connectivity index (χ3n) is 6.75. The summed E-state index contributed by atoms with van der Waals surface area (Å²) >= 11 is 0. The molecule has 1 aliphatic rings. The molecular weight excluding hydrogens is 406 g/mol. The fourth-order valence-electron chi connectivity index (χ4n) is 4.99. The van der Waals surface area contributed by atoms with Gasteiger partial charge in [-0.1, -0.05) is 13.3 Å². The van der Waals surface area contributed by atoms with Gasteiger partial charge in [-0.3, -0.25) is 18.9 Å². The third kappa shape index (κ3) is 4.60. The molecule has 0 bridgehead atoms. The van der Waals surface area contributed by atoms with Crippen LogP contribution in [0.25, 0.3) is 16.6 Å². The number of likely N-dealkylation sites (tertiary alicyclic amines) is 1. The Hall–Kier alpha value is -2.61. The lowest BCUT2D eigenvalue weighted by Crippen LogP contribution is -2.44. The summed E-state index contributed by atoms with van der Waals surface area (Å²) in [6.07, 6.45) is 8.10. The van der Waals surface area contributed by atoms with Gasteiger partial charge in [0.2, 0.25) is 5.91 Å². The molecule has 0 saturated carbocycles. The number of rotatable bonds is 9. The number of aryl methyl sites for hydroxylation is 2. The van der Waals surface area contributed by atoms with Crippen molar-refractivity contribution in [3.63, 3.8) is 0 Å². The van der Waals surface area contributed by atoms with Crippen molar-refractivity contribution in [1.82, 2.24) is 24.4 Å². The molecule has 3 aromatic heterocycles. The Morgan fingerprint density at radius 2 is 1.97 bits per heavy atom. The third-order valence-corrected chi connectivity index (χ3v) is 6.75. The summed E-state index contributed by atoms with van der Waals surface area (Å²) in [6, 6.07) is 4.89. The Bertz CT molecular complexity index is 1120. The van der Waals surface area contributed by atoms with Crippen molar-refractivity contribution in [3.05, 3.63) is 34.6 Å². The van der Waals surface area contributed by atoms with Crippen molar-refractivity contribution < 1.29 is 9.21 Å². The summed E-state index contributed by atoms with van der Waals surface area (Å²) in [6.45, 7) is 8.77. The maximum Gasteiger partial charge on any atom is 0.291 e. The molecule has 8 nitrogen and oxygen atoms in total. The first-order valence-electron chi connectivity index (χ1n) is 12.0. The Morgan fingerprint density at radius 1 is 1.19 bits per heavy atom. The van der Waals surface area contributed by atoms with E-state index in [0.717, 1.165) is 24.3 Å². The number of fused-ring (bicyclic) bond motifs is 3. The van der Waals surface area contributed by atoms with Gasteiger partial charge in [0, 0.05) is 56.7 Å². The lowest BCUT2D eigenvalue weighted by molar-refractivity contribution is -0.121. The van der Waals surface area contributed by atoms with Crippen LogP contribution in [-0.2, 0) is 17.8 Å². The molecule has 3 aromatic rings. The number of furan rings is 1. The van der Waals surface area contributed by atoms with Crippen molar-refractivity contribution in [2.24, 2.45) is 0 Å². The fraction of sp³-hybridized carbons (Fsp3) is 0.625. The first-order chi connectivity index (χ1) is 15.5. The maximum absolute atomic E-state index is 12.9. The van der Waals surface area contributed by atoms with Crippen LogP contribution in [-0.4, -0.2) is 50.2 Å². The molecule has 4 rings (SSSR count). The van der Waals surface area contributed by atoms with Crippen molar-refractivity contribution >= 4 is 22.5 Å². The zero-order valence-corrected chi connectivity index (χ0v) is 19.5. The molecule has 1 N–H and O–H groups in total. The molecule has 0 aliphatic carbocycles. The Morgan fingerprint density at radius 3 is 2.72 bits per heavy atom. The summed E-state index contributed by atoms with van der Waals surface area (Å²) in [5.41, 5.74) is 1.96. The second-order valence-electron chi connectivity index (χ2n) is 9.01. The van der Waals surface area contributed by atoms with Gasteiger partial charge in [0.1, 0.15) is 11.3 Å². The standard InChI is InChI=1S/C24H35N5O3/c1-4-22-26-28(24(31)20-16-21-19(29(20)22)11-15-32-21)14-6-10-23(30)25-12-7-13-27-17(2)8-5-9-18(27)3/h11,15-18H,4-10,12-14H2,1-3H3,(H,25,30)/t17-,18+. The molecule has 1 aliphatic heterocycles. The Labute approximate surface area is 188 Å². The molecule has 0 radical (unpaired) electrons. The second-order valence-corrected chi connectivity index (χ2v) is 9.01. The van der Waals surface area contributed by atoms with Crippen LogP contribution in [0.2, 0.25) is 0 Å².